The number of ether oxygens (including phenoxy) is 1. The van der Waals surface area contributed by atoms with E-state index in [1.165, 1.54) is 5.56 Å². The topological polar surface area (TPSA) is 38.3 Å². The number of hydrogen-bond acceptors (Lipinski definition) is 2. The molecular weight excluding hydrogens is 322 g/mol. The number of halogens is 1. The lowest BCUT2D eigenvalue weighted by atomic mass is 10.1. The Hall–Kier alpha value is -2.00. The smallest absolute Gasteiger partial charge is 0.224 e. The Kier molecular flexibility index (Phi) is 7.13. The van der Waals surface area contributed by atoms with Gasteiger partial charge in [-0.25, -0.2) is 0 Å². The van der Waals surface area contributed by atoms with Crippen LogP contribution < -0.4 is 10.1 Å². The Morgan fingerprint density at radius 2 is 1.67 bits per heavy atom. The van der Waals surface area contributed by atoms with E-state index in [0.717, 1.165) is 24.2 Å². The molecule has 1 N–H and O–H groups in total. The van der Waals surface area contributed by atoms with E-state index in [1.54, 1.807) is 12.1 Å². The summed E-state index contributed by atoms with van der Waals surface area (Å²) in [5.74, 6) is 0.933. The van der Waals surface area contributed by atoms with Crippen LogP contribution >= 0.6 is 11.6 Å². The molecule has 3 nitrogen and oxygen atoms in total. The molecule has 4 heteroatoms. The van der Waals surface area contributed by atoms with Crippen LogP contribution in [0, 0.1) is 0 Å². The second kappa shape index (κ2) is 9.33. The maximum absolute atomic E-state index is 11.9. The highest BCUT2D eigenvalue weighted by atomic mass is 35.5. The monoisotopic (exact) mass is 345 g/mol. The molecule has 0 aliphatic carbocycles. The van der Waals surface area contributed by atoms with Gasteiger partial charge in [-0.15, -0.1) is 0 Å². The maximum atomic E-state index is 11.9. The summed E-state index contributed by atoms with van der Waals surface area (Å²) in [5, 5.41) is 3.64. The summed E-state index contributed by atoms with van der Waals surface area (Å²) in [5.41, 5.74) is 2.22. The van der Waals surface area contributed by atoms with Gasteiger partial charge < -0.3 is 10.1 Å². The van der Waals surface area contributed by atoms with Crippen molar-refractivity contribution < 1.29 is 9.53 Å². The molecule has 0 radical (unpaired) electrons. The summed E-state index contributed by atoms with van der Waals surface area (Å²) in [4.78, 5) is 11.9. The Balaban J connectivity index is 1.66. The van der Waals surface area contributed by atoms with E-state index < -0.39 is 0 Å². The Morgan fingerprint density at radius 3 is 2.29 bits per heavy atom. The van der Waals surface area contributed by atoms with Gasteiger partial charge in [0.15, 0.2) is 0 Å². The van der Waals surface area contributed by atoms with Crippen LogP contribution in [0.3, 0.4) is 0 Å². The third-order valence-electron chi connectivity index (χ3n) is 3.54. The number of hydrogen-bond donors (Lipinski definition) is 1. The van der Waals surface area contributed by atoms with E-state index in [1.807, 2.05) is 38.1 Å². The molecule has 2 aromatic rings. The maximum Gasteiger partial charge on any atom is 0.224 e. The van der Waals surface area contributed by atoms with Gasteiger partial charge in [-0.2, -0.15) is 0 Å². The Bertz CT molecular complexity index is 636. The molecule has 2 aromatic carbocycles. The van der Waals surface area contributed by atoms with Gasteiger partial charge in [0.2, 0.25) is 5.91 Å². The van der Waals surface area contributed by atoms with Crippen molar-refractivity contribution in [1.82, 2.24) is 5.32 Å². The van der Waals surface area contributed by atoms with Crippen molar-refractivity contribution in [2.45, 2.75) is 39.2 Å². The Morgan fingerprint density at radius 1 is 1.04 bits per heavy atom. The van der Waals surface area contributed by atoms with Crippen LogP contribution in [0.2, 0.25) is 5.02 Å². The summed E-state index contributed by atoms with van der Waals surface area (Å²) in [7, 11) is 0. The van der Waals surface area contributed by atoms with Gasteiger partial charge in [-0.05, 0) is 62.1 Å². The molecule has 0 bridgehead atoms. The first-order valence-electron chi connectivity index (χ1n) is 8.29. The first-order chi connectivity index (χ1) is 11.5. The van der Waals surface area contributed by atoms with Crippen molar-refractivity contribution in [3.8, 4) is 5.75 Å². The molecule has 0 aliphatic heterocycles. The van der Waals surface area contributed by atoms with Gasteiger partial charge in [0.1, 0.15) is 5.75 Å². The molecule has 0 unspecified atom stereocenters. The van der Waals surface area contributed by atoms with E-state index in [2.05, 4.69) is 17.4 Å². The van der Waals surface area contributed by atoms with Crippen molar-refractivity contribution in [1.29, 1.82) is 0 Å². The highest BCUT2D eigenvalue weighted by Gasteiger charge is 2.03. The minimum absolute atomic E-state index is 0.0398. The number of benzene rings is 2. The van der Waals surface area contributed by atoms with Crippen molar-refractivity contribution in [2.24, 2.45) is 0 Å². The SMILES string of the molecule is CC(C)Oc1ccc(CCCNC(=O)Cc2ccc(Cl)cc2)cc1. The lowest BCUT2D eigenvalue weighted by Gasteiger charge is -2.10. The highest BCUT2D eigenvalue weighted by molar-refractivity contribution is 6.30. The quantitative estimate of drug-likeness (QED) is 0.719. The fourth-order valence-corrected chi connectivity index (χ4v) is 2.50. The van der Waals surface area contributed by atoms with Crippen molar-refractivity contribution in [3.05, 3.63) is 64.7 Å². The second-order valence-electron chi connectivity index (χ2n) is 6.07. The van der Waals surface area contributed by atoms with E-state index in [4.69, 9.17) is 16.3 Å². The average molecular weight is 346 g/mol. The van der Waals surface area contributed by atoms with Gasteiger partial charge in [0.25, 0.3) is 0 Å². The third-order valence-corrected chi connectivity index (χ3v) is 3.79. The lowest BCUT2D eigenvalue weighted by Crippen LogP contribution is -2.26. The number of carbonyl (C=O) groups excluding carboxylic acids is 1. The normalized spacial score (nSPS) is 10.7. The van der Waals surface area contributed by atoms with Gasteiger partial charge in [-0.3, -0.25) is 4.79 Å². The van der Waals surface area contributed by atoms with Crippen molar-refractivity contribution >= 4 is 17.5 Å². The van der Waals surface area contributed by atoms with Crippen LogP contribution in [0.4, 0.5) is 0 Å². The summed E-state index contributed by atoms with van der Waals surface area (Å²) in [6, 6.07) is 15.5. The molecule has 0 atom stereocenters. The highest BCUT2D eigenvalue weighted by Crippen LogP contribution is 2.14. The fourth-order valence-electron chi connectivity index (χ4n) is 2.38. The fraction of sp³-hybridized carbons (Fsp3) is 0.350. The molecule has 0 saturated carbocycles. The van der Waals surface area contributed by atoms with Crippen LogP contribution in [0.15, 0.2) is 48.5 Å². The minimum atomic E-state index is 0.0398. The number of carbonyl (C=O) groups is 1. The molecule has 0 spiro atoms. The largest absolute Gasteiger partial charge is 0.491 e. The molecule has 0 aromatic heterocycles. The molecule has 0 aliphatic rings. The van der Waals surface area contributed by atoms with Crippen molar-refractivity contribution in [3.63, 3.8) is 0 Å². The van der Waals surface area contributed by atoms with Crippen molar-refractivity contribution in [2.75, 3.05) is 6.54 Å². The zero-order chi connectivity index (χ0) is 17.4. The van der Waals surface area contributed by atoms with Gasteiger partial charge in [-0.1, -0.05) is 35.9 Å². The average Bonchev–Trinajstić information content (AvgIpc) is 2.55. The van der Waals surface area contributed by atoms with Gasteiger partial charge in [0, 0.05) is 11.6 Å². The lowest BCUT2D eigenvalue weighted by molar-refractivity contribution is -0.120. The summed E-state index contributed by atoms with van der Waals surface area (Å²) in [6.07, 6.45) is 2.42. The molecule has 1 amide bonds. The number of nitrogens with one attached hydrogen (secondary N) is 1. The first-order valence-corrected chi connectivity index (χ1v) is 8.67. The predicted octanol–water partition coefficient (Wildman–Crippen LogP) is 4.42. The van der Waals surface area contributed by atoms with Gasteiger partial charge >= 0.3 is 0 Å². The zero-order valence-corrected chi connectivity index (χ0v) is 15.0. The predicted molar refractivity (Wildman–Crippen MR) is 98.7 cm³/mol. The second-order valence-corrected chi connectivity index (χ2v) is 6.50. The molecule has 0 heterocycles. The number of aryl methyl sites for hydroxylation is 1. The number of rotatable bonds is 8. The summed E-state index contributed by atoms with van der Waals surface area (Å²) in [6.45, 7) is 4.71. The molecule has 0 saturated heterocycles. The molecule has 2 rings (SSSR count). The zero-order valence-electron chi connectivity index (χ0n) is 14.2. The molecule has 24 heavy (non-hydrogen) atoms. The van der Waals surface area contributed by atoms with E-state index in [0.29, 0.717) is 18.0 Å². The van der Waals surface area contributed by atoms with Crippen LogP contribution in [0.1, 0.15) is 31.4 Å². The van der Waals surface area contributed by atoms with Crippen LogP contribution in [-0.4, -0.2) is 18.6 Å². The van der Waals surface area contributed by atoms with Crippen LogP contribution in [-0.2, 0) is 17.6 Å². The number of amides is 1. The molecule has 0 fully saturated rings. The van der Waals surface area contributed by atoms with Crippen LogP contribution in [0.25, 0.3) is 0 Å². The molecular formula is C20H24ClNO2. The third kappa shape index (κ3) is 6.63. The van der Waals surface area contributed by atoms with E-state index >= 15 is 0 Å². The summed E-state index contributed by atoms with van der Waals surface area (Å²) < 4.78 is 5.62. The van der Waals surface area contributed by atoms with E-state index in [9.17, 15) is 4.79 Å². The first kappa shape index (κ1) is 18.3. The Labute approximate surface area is 149 Å². The molecule has 128 valence electrons. The summed E-state index contributed by atoms with van der Waals surface area (Å²) >= 11 is 5.83. The van der Waals surface area contributed by atoms with Gasteiger partial charge in [0.05, 0.1) is 12.5 Å². The minimum Gasteiger partial charge on any atom is -0.491 e. The standard InChI is InChI=1S/C20H24ClNO2/c1-15(2)24-19-11-7-16(8-12-19)4-3-13-22-20(23)14-17-5-9-18(21)10-6-17/h5-12,15H,3-4,13-14H2,1-2H3,(H,22,23). The van der Waals surface area contributed by atoms with Crippen LogP contribution in [0.5, 0.6) is 5.75 Å². The van der Waals surface area contributed by atoms with E-state index in [-0.39, 0.29) is 12.0 Å².